The zero-order chi connectivity index (χ0) is 12.7. The summed E-state index contributed by atoms with van der Waals surface area (Å²) in [5, 5.41) is 3.07. The molecule has 1 heterocycles. The van der Waals surface area contributed by atoms with E-state index in [-0.39, 0.29) is 6.01 Å². The molecule has 0 fully saturated rings. The van der Waals surface area contributed by atoms with E-state index in [9.17, 15) is 0 Å². The van der Waals surface area contributed by atoms with Crippen LogP contribution in [-0.2, 0) is 0 Å². The first-order chi connectivity index (χ1) is 8.15. The van der Waals surface area contributed by atoms with Crippen molar-refractivity contribution in [3.63, 3.8) is 0 Å². The van der Waals surface area contributed by atoms with Crippen molar-refractivity contribution in [2.45, 2.75) is 27.2 Å². The number of anilines is 1. The van der Waals surface area contributed by atoms with Crippen molar-refractivity contribution in [3.8, 4) is 12.0 Å². The number of nitrogens with zero attached hydrogens (tertiary/aromatic N) is 3. The molecule has 0 saturated heterocycles. The second kappa shape index (κ2) is 6.88. The fourth-order valence-electron chi connectivity index (χ4n) is 1.05. The Bertz CT molecular complexity index is 344. The highest BCUT2D eigenvalue weighted by Crippen LogP contribution is 2.13. The van der Waals surface area contributed by atoms with E-state index in [1.165, 1.54) is 7.11 Å². The Kier molecular flexibility index (Phi) is 5.45. The van der Waals surface area contributed by atoms with Crippen molar-refractivity contribution < 1.29 is 9.47 Å². The van der Waals surface area contributed by atoms with Gasteiger partial charge in [0.05, 0.1) is 13.7 Å². The maximum atomic E-state index is 5.45. The topological polar surface area (TPSA) is 69.2 Å². The monoisotopic (exact) mass is 240 g/mol. The van der Waals surface area contributed by atoms with Crippen LogP contribution in [0.25, 0.3) is 0 Å². The largest absolute Gasteiger partial charge is 0.467 e. The molecule has 0 aromatic carbocycles. The molecule has 0 aliphatic carbocycles. The standard InChI is InChI=1S/C11H20N4O2/c1-5-6-12-9-13-10(16-4)15-11(14-9)17-7-8(2)3/h8H,5-7H2,1-4H3,(H,12,13,14,15). The molecule has 0 bridgehead atoms. The molecule has 0 amide bonds. The first kappa shape index (κ1) is 13.5. The lowest BCUT2D eigenvalue weighted by Gasteiger charge is -2.09. The van der Waals surface area contributed by atoms with Crippen LogP contribution in [0, 0.1) is 5.92 Å². The van der Waals surface area contributed by atoms with Crippen LogP contribution in [0.5, 0.6) is 12.0 Å². The summed E-state index contributed by atoms with van der Waals surface area (Å²) in [4.78, 5) is 12.3. The smallest absolute Gasteiger partial charge is 0.324 e. The Morgan fingerprint density at radius 2 is 1.88 bits per heavy atom. The van der Waals surface area contributed by atoms with E-state index in [1.54, 1.807) is 0 Å². The minimum Gasteiger partial charge on any atom is -0.467 e. The second-order valence-corrected chi connectivity index (χ2v) is 4.06. The summed E-state index contributed by atoms with van der Waals surface area (Å²) < 4.78 is 10.4. The Morgan fingerprint density at radius 3 is 2.47 bits per heavy atom. The van der Waals surface area contributed by atoms with E-state index in [1.807, 2.05) is 0 Å². The van der Waals surface area contributed by atoms with Crippen molar-refractivity contribution in [2.75, 3.05) is 25.6 Å². The average Bonchev–Trinajstić information content (AvgIpc) is 2.33. The van der Waals surface area contributed by atoms with Gasteiger partial charge in [-0.1, -0.05) is 20.8 Å². The SMILES string of the molecule is CCCNc1nc(OC)nc(OCC(C)C)n1. The molecular weight excluding hydrogens is 220 g/mol. The molecule has 0 unspecified atom stereocenters. The summed E-state index contributed by atoms with van der Waals surface area (Å²) in [6, 6.07) is 0.557. The Morgan fingerprint density at radius 1 is 1.18 bits per heavy atom. The lowest BCUT2D eigenvalue weighted by molar-refractivity contribution is 0.244. The molecule has 6 nitrogen and oxygen atoms in total. The van der Waals surface area contributed by atoms with E-state index in [2.05, 4.69) is 41.0 Å². The third-order valence-corrected chi connectivity index (χ3v) is 1.86. The highest BCUT2D eigenvalue weighted by atomic mass is 16.5. The molecule has 1 aromatic rings. The number of hydrogen-bond acceptors (Lipinski definition) is 6. The summed E-state index contributed by atoms with van der Waals surface area (Å²) in [6.45, 7) is 7.57. The van der Waals surface area contributed by atoms with Gasteiger partial charge in [0.15, 0.2) is 0 Å². The third-order valence-electron chi connectivity index (χ3n) is 1.86. The number of hydrogen-bond donors (Lipinski definition) is 1. The van der Waals surface area contributed by atoms with Crippen LogP contribution in [0.4, 0.5) is 5.95 Å². The number of nitrogens with one attached hydrogen (secondary N) is 1. The molecule has 6 heteroatoms. The van der Waals surface area contributed by atoms with E-state index in [0.29, 0.717) is 24.5 Å². The van der Waals surface area contributed by atoms with E-state index in [0.717, 1.165) is 13.0 Å². The summed E-state index contributed by atoms with van der Waals surface area (Å²) in [5.41, 5.74) is 0. The van der Waals surface area contributed by atoms with Crippen LogP contribution in [0.3, 0.4) is 0 Å². The van der Waals surface area contributed by atoms with E-state index < -0.39 is 0 Å². The molecule has 0 radical (unpaired) electrons. The van der Waals surface area contributed by atoms with Crippen molar-refractivity contribution >= 4 is 5.95 Å². The fraction of sp³-hybridized carbons (Fsp3) is 0.727. The van der Waals surface area contributed by atoms with Gasteiger partial charge < -0.3 is 14.8 Å². The molecule has 0 aliphatic rings. The van der Waals surface area contributed by atoms with Gasteiger partial charge in [-0.05, 0) is 12.3 Å². The van der Waals surface area contributed by atoms with Crippen LogP contribution in [0.2, 0.25) is 0 Å². The van der Waals surface area contributed by atoms with Gasteiger partial charge in [0.1, 0.15) is 0 Å². The average molecular weight is 240 g/mol. The van der Waals surface area contributed by atoms with Crippen LogP contribution in [0.15, 0.2) is 0 Å². The molecule has 17 heavy (non-hydrogen) atoms. The van der Waals surface area contributed by atoms with Gasteiger partial charge in [0.25, 0.3) is 0 Å². The zero-order valence-corrected chi connectivity index (χ0v) is 10.9. The second-order valence-electron chi connectivity index (χ2n) is 4.06. The summed E-state index contributed by atoms with van der Waals surface area (Å²) >= 11 is 0. The Hall–Kier alpha value is -1.59. The van der Waals surface area contributed by atoms with Gasteiger partial charge in [-0.25, -0.2) is 0 Å². The third kappa shape index (κ3) is 4.84. The first-order valence-corrected chi connectivity index (χ1v) is 5.82. The van der Waals surface area contributed by atoms with Crippen molar-refractivity contribution in [1.82, 2.24) is 15.0 Å². The van der Waals surface area contributed by atoms with Gasteiger partial charge in [0, 0.05) is 6.54 Å². The minimum absolute atomic E-state index is 0.261. The zero-order valence-electron chi connectivity index (χ0n) is 10.9. The first-order valence-electron chi connectivity index (χ1n) is 5.82. The molecule has 96 valence electrons. The van der Waals surface area contributed by atoms with Crippen molar-refractivity contribution in [1.29, 1.82) is 0 Å². The van der Waals surface area contributed by atoms with E-state index >= 15 is 0 Å². The van der Waals surface area contributed by atoms with Crippen LogP contribution in [0.1, 0.15) is 27.2 Å². The predicted octanol–water partition coefficient (Wildman–Crippen LogP) is 1.74. The summed E-state index contributed by atoms with van der Waals surface area (Å²) in [5.74, 6) is 0.905. The molecule has 0 spiro atoms. The van der Waals surface area contributed by atoms with Crippen LogP contribution in [-0.4, -0.2) is 35.2 Å². The maximum absolute atomic E-state index is 5.45. The van der Waals surface area contributed by atoms with Gasteiger partial charge in [-0.15, -0.1) is 4.98 Å². The highest BCUT2D eigenvalue weighted by Gasteiger charge is 2.08. The van der Waals surface area contributed by atoms with Gasteiger partial charge in [-0.2, -0.15) is 9.97 Å². The number of ether oxygens (including phenoxy) is 2. The number of rotatable bonds is 7. The minimum atomic E-state index is 0.261. The van der Waals surface area contributed by atoms with Gasteiger partial charge in [-0.3, -0.25) is 0 Å². The van der Waals surface area contributed by atoms with Crippen LogP contribution < -0.4 is 14.8 Å². The number of methoxy groups -OCH3 is 1. The van der Waals surface area contributed by atoms with Crippen LogP contribution >= 0.6 is 0 Å². The quantitative estimate of drug-likeness (QED) is 0.782. The molecule has 0 atom stereocenters. The number of aromatic nitrogens is 3. The van der Waals surface area contributed by atoms with Gasteiger partial charge >= 0.3 is 12.0 Å². The van der Waals surface area contributed by atoms with Crippen molar-refractivity contribution in [2.24, 2.45) is 5.92 Å². The lowest BCUT2D eigenvalue weighted by Crippen LogP contribution is -2.11. The van der Waals surface area contributed by atoms with Gasteiger partial charge in [0.2, 0.25) is 5.95 Å². The highest BCUT2D eigenvalue weighted by molar-refractivity contribution is 5.27. The molecular formula is C11H20N4O2. The van der Waals surface area contributed by atoms with Crippen molar-refractivity contribution in [3.05, 3.63) is 0 Å². The Labute approximate surface area is 102 Å². The Balaban J connectivity index is 2.73. The normalized spacial score (nSPS) is 10.4. The molecule has 1 N–H and O–H groups in total. The fourth-order valence-corrected chi connectivity index (χ4v) is 1.05. The predicted molar refractivity (Wildman–Crippen MR) is 65.5 cm³/mol. The lowest BCUT2D eigenvalue weighted by atomic mass is 10.2. The molecule has 1 rings (SSSR count). The maximum Gasteiger partial charge on any atom is 0.324 e. The molecule has 0 saturated carbocycles. The summed E-state index contributed by atoms with van der Waals surface area (Å²) in [7, 11) is 1.52. The van der Waals surface area contributed by atoms with E-state index in [4.69, 9.17) is 9.47 Å². The molecule has 0 aliphatic heterocycles. The molecule has 1 aromatic heterocycles. The summed E-state index contributed by atoms with van der Waals surface area (Å²) in [6.07, 6.45) is 0.996.